The number of hydrogen-bond donors (Lipinski definition) is 1. The van der Waals surface area contributed by atoms with E-state index in [1.165, 1.54) is 22.5 Å². The van der Waals surface area contributed by atoms with Crippen LogP contribution in [0.2, 0.25) is 10.0 Å². The highest BCUT2D eigenvalue weighted by Crippen LogP contribution is 2.34. The number of benzene rings is 3. The van der Waals surface area contributed by atoms with Crippen molar-refractivity contribution in [2.45, 2.75) is 17.7 Å². The highest BCUT2D eigenvalue weighted by Gasteiger charge is 2.29. The lowest BCUT2D eigenvalue weighted by atomic mass is 10.0. The van der Waals surface area contributed by atoms with Gasteiger partial charge in [-0.3, -0.25) is 9.10 Å². The van der Waals surface area contributed by atoms with E-state index in [9.17, 15) is 13.2 Å². The Kier molecular flexibility index (Phi) is 6.60. The summed E-state index contributed by atoms with van der Waals surface area (Å²) in [5.41, 5.74) is 2.27. The number of nitrogens with zero attached hydrogens (tertiary/aromatic N) is 1. The summed E-state index contributed by atoms with van der Waals surface area (Å²) in [6.45, 7) is 0.119. The first-order valence-electron chi connectivity index (χ1n) is 9.93. The lowest BCUT2D eigenvalue weighted by Crippen LogP contribution is -2.35. The van der Waals surface area contributed by atoms with E-state index in [1.54, 1.807) is 24.3 Å². The topological polar surface area (TPSA) is 75.7 Å². The van der Waals surface area contributed by atoms with Gasteiger partial charge in [0.15, 0.2) is 6.61 Å². The van der Waals surface area contributed by atoms with Gasteiger partial charge >= 0.3 is 0 Å². The molecule has 1 heterocycles. The van der Waals surface area contributed by atoms with Crippen molar-refractivity contribution in [2.75, 3.05) is 22.8 Å². The van der Waals surface area contributed by atoms with E-state index in [1.807, 2.05) is 24.3 Å². The highest BCUT2D eigenvalue weighted by atomic mass is 35.5. The second-order valence-corrected chi connectivity index (χ2v) is 9.95. The fourth-order valence-electron chi connectivity index (χ4n) is 3.51. The molecule has 0 saturated heterocycles. The second kappa shape index (κ2) is 9.40. The second-order valence-electron chi connectivity index (χ2n) is 7.25. The molecule has 0 atom stereocenters. The third-order valence-corrected chi connectivity index (χ3v) is 7.40. The molecule has 4 rings (SSSR count). The number of hydrogen-bond acceptors (Lipinski definition) is 4. The minimum Gasteiger partial charge on any atom is -0.482 e. The predicted molar refractivity (Wildman–Crippen MR) is 126 cm³/mol. The number of ether oxygens (including phenoxy) is 1. The van der Waals surface area contributed by atoms with Gasteiger partial charge in [0, 0.05) is 17.3 Å². The molecule has 32 heavy (non-hydrogen) atoms. The Bertz CT molecular complexity index is 1250. The van der Waals surface area contributed by atoms with Crippen molar-refractivity contribution in [1.29, 1.82) is 0 Å². The van der Waals surface area contributed by atoms with Crippen molar-refractivity contribution < 1.29 is 17.9 Å². The van der Waals surface area contributed by atoms with Crippen LogP contribution in [0.1, 0.15) is 12.0 Å². The molecule has 0 radical (unpaired) electrons. The van der Waals surface area contributed by atoms with Gasteiger partial charge in [-0.05, 0) is 66.9 Å². The van der Waals surface area contributed by atoms with Crippen LogP contribution < -0.4 is 14.4 Å². The van der Waals surface area contributed by atoms with Crippen LogP contribution in [0.15, 0.2) is 71.6 Å². The first kappa shape index (κ1) is 22.5. The molecular weight excluding hydrogens is 471 g/mol. The Morgan fingerprint density at radius 3 is 2.53 bits per heavy atom. The standard InChI is InChI=1S/C23H20Cl2N2O4S/c24-17-7-9-18(10-8-17)26-23(28)15-31-22-12-11-19(14-20(22)25)32(29,30)27-13-3-5-16-4-1-2-6-21(16)27/h1-2,4,6-12,14H,3,5,13,15H2,(H,26,28). The van der Waals surface area contributed by atoms with Gasteiger partial charge in [-0.15, -0.1) is 0 Å². The van der Waals surface area contributed by atoms with E-state index in [4.69, 9.17) is 27.9 Å². The lowest BCUT2D eigenvalue weighted by molar-refractivity contribution is -0.118. The van der Waals surface area contributed by atoms with Gasteiger partial charge in [0.25, 0.3) is 15.9 Å². The molecule has 0 aromatic heterocycles. The Balaban J connectivity index is 1.46. The van der Waals surface area contributed by atoms with Crippen molar-refractivity contribution in [3.8, 4) is 5.75 Å². The molecule has 1 amide bonds. The average molecular weight is 491 g/mol. The van der Waals surface area contributed by atoms with Crippen LogP contribution in [0.4, 0.5) is 11.4 Å². The molecule has 3 aromatic carbocycles. The molecular formula is C23H20Cl2N2O4S. The van der Waals surface area contributed by atoms with Crippen molar-refractivity contribution >= 4 is 50.5 Å². The number of fused-ring (bicyclic) bond motifs is 1. The molecule has 1 aliphatic rings. The summed E-state index contributed by atoms with van der Waals surface area (Å²) < 4.78 is 33.4. The largest absolute Gasteiger partial charge is 0.482 e. The molecule has 9 heteroatoms. The smallest absolute Gasteiger partial charge is 0.264 e. The quantitative estimate of drug-likeness (QED) is 0.518. The number of para-hydroxylation sites is 1. The molecule has 1 N–H and O–H groups in total. The molecule has 0 aliphatic carbocycles. The molecule has 0 fully saturated rings. The fourth-order valence-corrected chi connectivity index (χ4v) is 5.50. The number of amides is 1. The Morgan fingerprint density at radius 1 is 1.03 bits per heavy atom. The molecule has 0 spiro atoms. The zero-order chi connectivity index (χ0) is 22.7. The normalized spacial score (nSPS) is 13.4. The third kappa shape index (κ3) is 4.85. The molecule has 1 aliphatic heterocycles. The minimum atomic E-state index is -3.79. The van der Waals surface area contributed by atoms with Gasteiger partial charge in [0.05, 0.1) is 15.6 Å². The molecule has 0 saturated carbocycles. The van der Waals surface area contributed by atoms with Crippen LogP contribution >= 0.6 is 23.2 Å². The van der Waals surface area contributed by atoms with E-state index >= 15 is 0 Å². The Morgan fingerprint density at radius 2 is 1.78 bits per heavy atom. The summed E-state index contributed by atoms with van der Waals surface area (Å²) in [6, 6.07) is 18.4. The number of carbonyl (C=O) groups excluding carboxylic acids is 1. The van der Waals surface area contributed by atoms with E-state index in [-0.39, 0.29) is 28.2 Å². The van der Waals surface area contributed by atoms with Crippen molar-refractivity contribution in [3.63, 3.8) is 0 Å². The van der Waals surface area contributed by atoms with Crippen molar-refractivity contribution in [1.82, 2.24) is 0 Å². The lowest BCUT2D eigenvalue weighted by Gasteiger charge is -2.30. The van der Waals surface area contributed by atoms with Crippen LogP contribution in [0.3, 0.4) is 0 Å². The summed E-state index contributed by atoms with van der Waals surface area (Å²) in [7, 11) is -3.79. The van der Waals surface area contributed by atoms with E-state index in [0.29, 0.717) is 22.9 Å². The fraction of sp³-hybridized carbons (Fsp3) is 0.174. The Labute approximate surface area is 196 Å². The van der Waals surface area contributed by atoms with Crippen LogP contribution in [-0.2, 0) is 21.2 Å². The summed E-state index contributed by atoms with van der Waals surface area (Å²) in [5, 5.41) is 3.35. The maximum atomic E-state index is 13.3. The number of aryl methyl sites for hydroxylation is 1. The predicted octanol–water partition coefficient (Wildman–Crippen LogP) is 5.15. The first-order chi connectivity index (χ1) is 15.3. The van der Waals surface area contributed by atoms with Crippen molar-refractivity contribution in [2.24, 2.45) is 0 Å². The zero-order valence-corrected chi connectivity index (χ0v) is 19.3. The molecule has 0 bridgehead atoms. The summed E-state index contributed by atoms with van der Waals surface area (Å²) in [6.07, 6.45) is 1.59. The van der Waals surface area contributed by atoms with Gasteiger partial charge < -0.3 is 10.1 Å². The Hall–Kier alpha value is -2.74. The average Bonchev–Trinajstić information content (AvgIpc) is 2.79. The SMILES string of the molecule is O=C(COc1ccc(S(=O)(=O)N2CCCc3ccccc32)cc1Cl)Nc1ccc(Cl)cc1. The van der Waals surface area contributed by atoms with Gasteiger partial charge in [0.1, 0.15) is 5.75 Å². The number of carbonyl (C=O) groups is 1. The van der Waals surface area contributed by atoms with E-state index in [2.05, 4.69) is 5.32 Å². The number of sulfonamides is 1. The first-order valence-corrected chi connectivity index (χ1v) is 12.1. The van der Waals surface area contributed by atoms with E-state index < -0.39 is 10.0 Å². The number of nitrogens with one attached hydrogen (secondary N) is 1. The third-order valence-electron chi connectivity index (χ3n) is 5.05. The number of rotatable bonds is 6. The van der Waals surface area contributed by atoms with Crippen LogP contribution in [0, 0.1) is 0 Å². The molecule has 6 nitrogen and oxygen atoms in total. The van der Waals surface area contributed by atoms with Gasteiger partial charge in [0.2, 0.25) is 0 Å². The number of halogens is 2. The summed E-state index contributed by atoms with van der Waals surface area (Å²) in [5.74, 6) is -0.166. The monoisotopic (exact) mass is 490 g/mol. The maximum absolute atomic E-state index is 13.3. The van der Waals surface area contributed by atoms with Crippen molar-refractivity contribution in [3.05, 3.63) is 82.3 Å². The zero-order valence-electron chi connectivity index (χ0n) is 16.9. The van der Waals surface area contributed by atoms with Crippen LogP contribution in [0.5, 0.6) is 5.75 Å². The highest BCUT2D eigenvalue weighted by molar-refractivity contribution is 7.92. The van der Waals surface area contributed by atoms with E-state index in [0.717, 1.165) is 18.4 Å². The van der Waals surface area contributed by atoms with Gasteiger partial charge in [-0.1, -0.05) is 41.4 Å². The number of anilines is 2. The molecule has 166 valence electrons. The molecule has 3 aromatic rings. The summed E-state index contributed by atoms with van der Waals surface area (Å²) in [4.78, 5) is 12.2. The summed E-state index contributed by atoms with van der Waals surface area (Å²) >= 11 is 12.1. The maximum Gasteiger partial charge on any atom is 0.264 e. The van der Waals surface area contributed by atoms with Gasteiger partial charge in [-0.25, -0.2) is 8.42 Å². The van der Waals surface area contributed by atoms with Gasteiger partial charge in [-0.2, -0.15) is 0 Å². The minimum absolute atomic E-state index is 0.0668. The van der Waals surface area contributed by atoms with Crippen LogP contribution in [-0.4, -0.2) is 27.5 Å². The van der Waals surface area contributed by atoms with Crippen LogP contribution in [0.25, 0.3) is 0 Å². The molecule has 0 unspecified atom stereocenters.